The number of ether oxygens (including phenoxy) is 1. The van der Waals surface area contributed by atoms with Crippen molar-refractivity contribution in [2.45, 2.75) is 37.6 Å². The highest BCUT2D eigenvalue weighted by Crippen LogP contribution is 2.38. The van der Waals surface area contributed by atoms with Gasteiger partial charge in [0, 0.05) is 21.3 Å². The average molecular weight is 366 g/mol. The first-order valence-electron chi connectivity index (χ1n) is 7.33. The predicted molar refractivity (Wildman–Crippen MR) is 92.4 cm³/mol. The minimum Gasteiger partial charge on any atom is -0.496 e. The van der Waals surface area contributed by atoms with Gasteiger partial charge in [-0.3, -0.25) is 0 Å². The van der Waals surface area contributed by atoms with Crippen LogP contribution in [-0.4, -0.2) is 13.2 Å². The smallest absolute Gasteiger partial charge is 0.122 e. The van der Waals surface area contributed by atoms with E-state index >= 15 is 0 Å². The van der Waals surface area contributed by atoms with E-state index in [-0.39, 0.29) is 6.04 Å². The number of thiophene rings is 1. The Kier molecular flexibility index (Phi) is 4.67. The first-order valence-corrected chi connectivity index (χ1v) is 9.00. The van der Waals surface area contributed by atoms with Gasteiger partial charge >= 0.3 is 0 Å². The summed E-state index contributed by atoms with van der Waals surface area (Å²) in [6.45, 7) is 0. The van der Waals surface area contributed by atoms with Gasteiger partial charge < -0.3 is 10.5 Å². The number of hydrogen-bond acceptors (Lipinski definition) is 3. The summed E-state index contributed by atoms with van der Waals surface area (Å²) in [4.78, 5) is 1.53. The van der Waals surface area contributed by atoms with Gasteiger partial charge in [-0.05, 0) is 66.5 Å². The molecule has 0 bridgehead atoms. The van der Waals surface area contributed by atoms with Crippen LogP contribution in [0, 0.1) is 0 Å². The molecule has 1 aromatic carbocycles. The lowest BCUT2D eigenvalue weighted by Crippen LogP contribution is -2.32. The van der Waals surface area contributed by atoms with Crippen molar-refractivity contribution < 1.29 is 4.74 Å². The monoisotopic (exact) mass is 365 g/mol. The molecule has 3 rings (SSSR count). The third-order valence-corrected chi connectivity index (χ3v) is 5.80. The van der Waals surface area contributed by atoms with Gasteiger partial charge in [-0.1, -0.05) is 15.9 Å². The molecule has 21 heavy (non-hydrogen) atoms. The van der Waals surface area contributed by atoms with E-state index in [1.807, 2.05) is 23.5 Å². The summed E-state index contributed by atoms with van der Waals surface area (Å²) in [6, 6.07) is 8.54. The van der Waals surface area contributed by atoms with Gasteiger partial charge in [0.05, 0.1) is 7.11 Å². The predicted octanol–water partition coefficient (Wildman–Crippen LogP) is 4.51. The Bertz CT molecular complexity index is 625. The van der Waals surface area contributed by atoms with E-state index in [2.05, 4.69) is 33.4 Å². The second kappa shape index (κ2) is 6.51. The van der Waals surface area contributed by atoms with Gasteiger partial charge in [-0.25, -0.2) is 0 Å². The van der Waals surface area contributed by atoms with Crippen molar-refractivity contribution in [1.29, 1.82) is 0 Å². The van der Waals surface area contributed by atoms with Crippen molar-refractivity contribution in [3.63, 3.8) is 0 Å². The van der Waals surface area contributed by atoms with Crippen LogP contribution in [0.15, 0.2) is 34.1 Å². The van der Waals surface area contributed by atoms with Crippen molar-refractivity contribution >= 4 is 27.3 Å². The van der Waals surface area contributed by atoms with Gasteiger partial charge in [0.1, 0.15) is 5.75 Å². The zero-order valence-corrected chi connectivity index (χ0v) is 14.5. The number of aryl methyl sites for hydroxylation is 1. The normalized spacial score (nSPS) is 19.1. The van der Waals surface area contributed by atoms with E-state index in [1.165, 1.54) is 35.3 Å². The second-order valence-electron chi connectivity index (χ2n) is 5.62. The van der Waals surface area contributed by atoms with Crippen LogP contribution < -0.4 is 10.5 Å². The molecule has 0 amide bonds. The highest BCUT2D eigenvalue weighted by molar-refractivity contribution is 9.10. The lowest BCUT2D eigenvalue weighted by molar-refractivity contribution is 0.402. The first-order chi connectivity index (χ1) is 10.2. The molecule has 0 fully saturated rings. The zero-order chi connectivity index (χ0) is 14.8. The average Bonchev–Trinajstić information content (AvgIpc) is 2.95. The number of benzene rings is 1. The molecule has 2 aromatic rings. The number of hydrogen-bond donors (Lipinski definition) is 1. The summed E-state index contributed by atoms with van der Waals surface area (Å²) >= 11 is 5.41. The molecule has 112 valence electrons. The molecule has 4 heteroatoms. The summed E-state index contributed by atoms with van der Waals surface area (Å²) in [6.07, 6.45) is 4.52. The van der Waals surface area contributed by atoms with E-state index < -0.39 is 0 Å². The van der Waals surface area contributed by atoms with Crippen molar-refractivity contribution in [1.82, 2.24) is 0 Å². The van der Waals surface area contributed by atoms with E-state index in [4.69, 9.17) is 10.5 Å². The van der Waals surface area contributed by atoms with Crippen LogP contribution in [0.1, 0.15) is 34.8 Å². The van der Waals surface area contributed by atoms with E-state index in [9.17, 15) is 0 Å². The lowest BCUT2D eigenvalue weighted by atomic mass is 9.80. The maximum Gasteiger partial charge on any atom is 0.122 e. The summed E-state index contributed by atoms with van der Waals surface area (Å²) < 4.78 is 6.54. The van der Waals surface area contributed by atoms with Crippen LogP contribution in [0.4, 0.5) is 0 Å². The molecule has 1 aliphatic rings. The molecule has 2 nitrogen and oxygen atoms in total. The molecular weight excluding hydrogens is 346 g/mol. The highest BCUT2D eigenvalue weighted by Gasteiger charge is 2.27. The lowest BCUT2D eigenvalue weighted by Gasteiger charge is -2.28. The van der Waals surface area contributed by atoms with Crippen LogP contribution in [-0.2, 0) is 12.8 Å². The quantitative estimate of drug-likeness (QED) is 0.864. The van der Waals surface area contributed by atoms with Crippen LogP contribution >= 0.6 is 27.3 Å². The molecule has 0 spiro atoms. The summed E-state index contributed by atoms with van der Waals surface area (Å²) in [5.41, 5.74) is 9.22. The summed E-state index contributed by atoms with van der Waals surface area (Å²) in [7, 11) is 1.72. The maximum atomic E-state index is 6.56. The molecule has 2 unspecified atom stereocenters. The Balaban J connectivity index is 1.82. The summed E-state index contributed by atoms with van der Waals surface area (Å²) in [5.74, 6) is 1.40. The van der Waals surface area contributed by atoms with Crippen LogP contribution in [0.5, 0.6) is 5.75 Å². The third-order valence-electron chi connectivity index (χ3n) is 4.31. The Morgan fingerprint density at radius 2 is 2.29 bits per heavy atom. The van der Waals surface area contributed by atoms with Gasteiger partial charge in [0.2, 0.25) is 0 Å². The molecule has 1 heterocycles. The minimum absolute atomic E-state index is 0.141. The number of halogens is 1. The van der Waals surface area contributed by atoms with E-state index in [0.29, 0.717) is 5.92 Å². The first kappa shape index (κ1) is 15.1. The van der Waals surface area contributed by atoms with Gasteiger partial charge in [-0.15, -0.1) is 11.3 Å². The number of fused-ring (bicyclic) bond motifs is 1. The van der Waals surface area contributed by atoms with Gasteiger partial charge in [-0.2, -0.15) is 0 Å². The molecule has 2 atom stereocenters. The van der Waals surface area contributed by atoms with Crippen LogP contribution in [0.25, 0.3) is 0 Å². The Hall–Kier alpha value is -0.840. The molecule has 1 aliphatic carbocycles. The fourth-order valence-corrected chi connectivity index (χ4v) is 4.67. The molecular formula is C17H20BrNOS. The van der Waals surface area contributed by atoms with Gasteiger partial charge in [0.15, 0.2) is 0 Å². The molecule has 0 saturated carbocycles. The highest BCUT2D eigenvalue weighted by atomic mass is 79.9. The largest absolute Gasteiger partial charge is 0.496 e. The second-order valence-corrected chi connectivity index (χ2v) is 7.54. The molecule has 0 saturated heterocycles. The van der Waals surface area contributed by atoms with E-state index in [1.54, 1.807) is 7.11 Å². The third kappa shape index (κ3) is 3.17. The fourth-order valence-electron chi connectivity index (χ4n) is 3.27. The summed E-state index contributed by atoms with van der Waals surface area (Å²) in [5, 5.41) is 2.20. The Labute approximate surface area is 138 Å². The maximum absolute atomic E-state index is 6.56. The number of nitrogens with two attached hydrogens (primary N) is 1. The molecule has 1 aromatic heterocycles. The SMILES string of the molecule is COc1ccc(Br)cc1CC(N)C1CCCc2sccc21. The molecule has 0 radical (unpaired) electrons. The van der Waals surface area contributed by atoms with Crippen LogP contribution in [0.3, 0.4) is 0 Å². The standard InChI is InChI=1S/C17H20BrNOS/c1-20-16-6-5-12(18)9-11(16)10-15(19)13-3-2-4-17-14(13)7-8-21-17/h5-9,13,15H,2-4,10,19H2,1H3. The van der Waals surface area contributed by atoms with Crippen molar-refractivity contribution in [3.8, 4) is 5.75 Å². The van der Waals surface area contributed by atoms with E-state index in [0.717, 1.165) is 16.6 Å². The fraction of sp³-hybridized carbons (Fsp3) is 0.412. The van der Waals surface area contributed by atoms with Gasteiger partial charge in [0.25, 0.3) is 0 Å². The van der Waals surface area contributed by atoms with Crippen LogP contribution in [0.2, 0.25) is 0 Å². The minimum atomic E-state index is 0.141. The van der Waals surface area contributed by atoms with Crippen molar-refractivity contribution in [2.24, 2.45) is 5.73 Å². The number of methoxy groups -OCH3 is 1. The topological polar surface area (TPSA) is 35.2 Å². The van der Waals surface area contributed by atoms with Crippen molar-refractivity contribution in [2.75, 3.05) is 7.11 Å². The Morgan fingerprint density at radius 3 is 3.10 bits per heavy atom. The molecule has 2 N–H and O–H groups in total. The molecule has 0 aliphatic heterocycles. The van der Waals surface area contributed by atoms with Crippen molar-refractivity contribution in [3.05, 3.63) is 50.1 Å². The number of rotatable bonds is 4. The Morgan fingerprint density at radius 1 is 1.43 bits per heavy atom. The zero-order valence-electron chi connectivity index (χ0n) is 12.1.